The second-order valence-corrected chi connectivity index (χ2v) is 6.16. The molecular weight excluding hydrogens is 351 g/mol. The Bertz CT molecular complexity index is 831. The lowest BCUT2D eigenvalue weighted by molar-refractivity contribution is -0.181. The van der Waals surface area contributed by atoms with Crippen molar-refractivity contribution in [2.45, 2.75) is 25.6 Å². The van der Waals surface area contributed by atoms with Gasteiger partial charge in [-0.1, -0.05) is 30.0 Å². The molecule has 7 heteroatoms. The molecule has 2 aromatic heterocycles. The lowest BCUT2D eigenvalue weighted by atomic mass is 10.0. The number of hydrogen-bond acceptors (Lipinski definition) is 3. The largest absolute Gasteiger partial charge is 0.410 e. The Kier molecular flexibility index (Phi) is 5.39. The number of alkyl halides is 3. The summed E-state index contributed by atoms with van der Waals surface area (Å²) >= 11 is 5.78. The van der Waals surface area contributed by atoms with Gasteiger partial charge in [-0.15, -0.1) is 0 Å². The van der Waals surface area contributed by atoms with Crippen LogP contribution in [0.3, 0.4) is 0 Å². The molecule has 3 nitrogen and oxygen atoms in total. The Hall–Kier alpha value is -2.52. The molecular formula is C18H15ClF3N3. The van der Waals surface area contributed by atoms with Gasteiger partial charge in [-0.25, -0.2) is 4.98 Å². The van der Waals surface area contributed by atoms with Gasteiger partial charge in [0.25, 0.3) is 0 Å². The highest BCUT2D eigenvalue weighted by atomic mass is 35.5. The van der Waals surface area contributed by atoms with Crippen molar-refractivity contribution in [1.29, 1.82) is 0 Å². The van der Waals surface area contributed by atoms with Gasteiger partial charge in [0.15, 0.2) is 0 Å². The third kappa shape index (κ3) is 4.97. The maximum absolute atomic E-state index is 12.9. The summed E-state index contributed by atoms with van der Waals surface area (Å²) in [6, 6.07) is 6.56. The predicted molar refractivity (Wildman–Crippen MR) is 91.8 cm³/mol. The molecule has 2 aromatic rings. The van der Waals surface area contributed by atoms with E-state index in [1.807, 2.05) is 0 Å². The molecule has 2 heterocycles. The average Bonchev–Trinajstić information content (AvgIpc) is 2.52. The summed E-state index contributed by atoms with van der Waals surface area (Å²) in [5.41, 5.74) is -0.399. The van der Waals surface area contributed by atoms with Crippen molar-refractivity contribution in [2.75, 3.05) is 0 Å². The first-order valence-corrected chi connectivity index (χ1v) is 7.60. The zero-order valence-corrected chi connectivity index (χ0v) is 14.3. The molecule has 0 fully saturated rings. The quantitative estimate of drug-likeness (QED) is 0.646. The Morgan fingerprint density at radius 2 is 1.80 bits per heavy atom. The molecule has 130 valence electrons. The molecule has 0 amide bonds. The summed E-state index contributed by atoms with van der Waals surface area (Å²) in [6.07, 6.45) is -1.39. The highest BCUT2D eigenvalue weighted by molar-refractivity contribution is 6.29. The highest BCUT2D eigenvalue weighted by Gasteiger charge is 2.47. The SMILES string of the molecule is C=C(NC(C)(C)C(F)(F)F)c1ccc(C#Cc2ccnc(Cl)c2)cn1. The molecule has 0 spiro atoms. The van der Waals surface area contributed by atoms with E-state index in [1.165, 1.54) is 6.20 Å². The fourth-order valence-electron chi connectivity index (χ4n) is 1.78. The van der Waals surface area contributed by atoms with E-state index in [-0.39, 0.29) is 5.70 Å². The summed E-state index contributed by atoms with van der Waals surface area (Å²) < 4.78 is 38.7. The van der Waals surface area contributed by atoms with Crippen LogP contribution in [-0.4, -0.2) is 21.7 Å². The zero-order chi connectivity index (χ0) is 18.7. The minimum atomic E-state index is -4.41. The van der Waals surface area contributed by atoms with E-state index in [0.717, 1.165) is 13.8 Å². The molecule has 1 N–H and O–H groups in total. The van der Waals surface area contributed by atoms with E-state index in [1.54, 1.807) is 30.5 Å². The first kappa shape index (κ1) is 18.8. The Morgan fingerprint density at radius 1 is 1.12 bits per heavy atom. The predicted octanol–water partition coefficient (Wildman–Crippen LogP) is 4.43. The molecule has 0 saturated carbocycles. The summed E-state index contributed by atoms with van der Waals surface area (Å²) in [6.45, 7) is 5.70. The van der Waals surface area contributed by atoms with Gasteiger partial charge in [0.2, 0.25) is 0 Å². The molecule has 0 radical (unpaired) electrons. The number of nitrogens with zero attached hydrogens (tertiary/aromatic N) is 2. The summed E-state index contributed by atoms with van der Waals surface area (Å²) in [5, 5.41) is 2.70. The lowest BCUT2D eigenvalue weighted by Crippen LogP contribution is -2.50. The topological polar surface area (TPSA) is 37.8 Å². The van der Waals surface area contributed by atoms with E-state index in [9.17, 15) is 13.2 Å². The van der Waals surface area contributed by atoms with E-state index >= 15 is 0 Å². The lowest BCUT2D eigenvalue weighted by Gasteiger charge is -2.30. The summed E-state index contributed by atoms with van der Waals surface area (Å²) in [7, 11) is 0. The zero-order valence-electron chi connectivity index (χ0n) is 13.6. The van der Waals surface area contributed by atoms with Crippen LogP contribution in [0.1, 0.15) is 30.7 Å². The van der Waals surface area contributed by atoms with Gasteiger partial charge in [-0.05, 0) is 38.1 Å². The molecule has 0 atom stereocenters. The number of rotatable bonds is 3. The monoisotopic (exact) mass is 365 g/mol. The first-order chi connectivity index (χ1) is 11.6. The Balaban J connectivity index is 2.11. The van der Waals surface area contributed by atoms with Gasteiger partial charge in [-0.2, -0.15) is 13.2 Å². The van der Waals surface area contributed by atoms with Crippen molar-refractivity contribution in [1.82, 2.24) is 15.3 Å². The Labute approximate surface area is 149 Å². The number of halogens is 4. The third-order valence-electron chi connectivity index (χ3n) is 3.32. The molecule has 0 saturated heterocycles. The molecule has 0 unspecified atom stereocenters. The van der Waals surface area contributed by atoms with Crippen molar-refractivity contribution in [3.63, 3.8) is 0 Å². The van der Waals surface area contributed by atoms with Crippen LogP contribution in [0.15, 0.2) is 43.2 Å². The first-order valence-electron chi connectivity index (χ1n) is 7.22. The standard InChI is InChI=1S/C18H15ClF3N3/c1-12(25-17(2,3)18(20,21)22)15-7-6-14(11-24-15)5-4-13-8-9-23-16(19)10-13/h6-11,25H,1H2,2-3H3. The smallest absolute Gasteiger partial charge is 0.371 e. The van der Waals surface area contributed by atoms with Crippen LogP contribution in [0.5, 0.6) is 0 Å². The fraction of sp³-hybridized carbons (Fsp3) is 0.222. The van der Waals surface area contributed by atoms with Gasteiger partial charge in [0, 0.05) is 23.5 Å². The van der Waals surface area contributed by atoms with Crippen molar-refractivity contribution >= 4 is 17.3 Å². The average molecular weight is 366 g/mol. The molecule has 0 aliphatic carbocycles. The van der Waals surface area contributed by atoms with E-state index in [0.29, 0.717) is 22.0 Å². The highest BCUT2D eigenvalue weighted by Crippen LogP contribution is 2.31. The maximum Gasteiger partial charge on any atom is 0.410 e. The van der Waals surface area contributed by atoms with Crippen LogP contribution in [0.25, 0.3) is 5.70 Å². The van der Waals surface area contributed by atoms with Crippen molar-refractivity contribution < 1.29 is 13.2 Å². The fourth-order valence-corrected chi connectivity index (χ4v) is 1.96. The number of aromatic nitrogens is 2. The second-order valence-electron chi connectivity index (χ2n) is 5.78. The molecule has 0 aromatic carbocycles. The molecule has 0 aliphatic heterocycles. The number of pyridine rings is 2. The number of nitrogens with one attached hydrogen (secondary N) is 1. The van der Waals surface area contributed by atoms with Gasteiger partial charge >= 0.3 is 6.18 Å². The Morgan fingerprint density at radius 3 is 2.36 bits per heavy atom. The van der Waals surface area contributed by atoms with Crippen molar-refractivity contribution in [3.8, 4) is 11.8 Å². The minimum absolute atomic E-state index is 0.0859. The molecule has 0 bridgehead atoms. The van der Waals surface area contributed by atoms with Gasteiger partial charge < -0.3 is 5.32 Å². The van der Waals surface area contributed by atoms with E-state index in [4.69, 9.17) is 11.6 Å². The van der Waals surface area contributed by atoms with Crippen LogP contribution in [0.4, 0.5) is 13.2 Å². The van der Waals surface area contributed by atoms with Gasteiger partial charge in [0.1, 0.15) is 10.7 Å². The second kappa shape index (κ2) is 7.16. The number of hydrogen-bond donors (Lipinski definition) is 1. The normalized spacial score (nSPS) is 11.4. The van der Waals surface area contributed by atoms with Crippen LogP contribution in [0, 0.1) is 11.8 Å². The van der Waals surface area contributed by atoms with Crippen LogP contribution < -0.4 is 5.32 Å². The van der Waals surface area contributed by atoms with E-state index in [2.05, 4.69) is 33.7 Å². The molecule has 25 heavy (non-hydrogen) atoms. The van der Waals surface area contributed by atoms with Crippen molar-refractivity contribution in [2.24, 2.45) is 0 Å². The summed E-state index contributed by atoms with van der Waals surface area (Å²) in [4.78, 5) is 7.97. The minimum Gasteiger partial charge on any atom is -0.371 e. The molecule has 0 aliphatic rings. The molecule has 2 rings (SSSR count). The van der Waals surface area contributed by atoms with Crippen LogP contribution in [0.2, 0.25) is 5.15 Å². The van der Waals surface area contributed by atoms with Crippen LogP contribution >= 0.6 is 11.6 Å². The maximum atomic E-state index is 12.9. The van der Waals surface area contributed by atoms with E-state index < -0.39 is 11.7 Å². The third-order valence-corrected chi connectivity index (χ3v) is 3.53. The van der Waals surface area contributed by atoms with Crippen molar-refractivity contribution in [3.05, 3.63) is 65.2 Å². The van der Waals surface area contributed by atoms with Gasteiger partial charge in [0.05, 0.1) is 11.4 Å². The summed E-state index contributed by atoms with van der Waals surface area (Å²) in [5.74, 6) is 5.81. The van der Waals surface area contributed by atoms with Gasteiger partial charge in [-0.3, -0.25) is 4.98 Å². The van der Waals surface area contributed by atoms with Crippen LogP contribution in [-0.2, 0) is 0 Å².